The van der Waals surface area contributed by atoms with Gasteiger partial charge in [0.15, 0.2) is 0 Å². The molecule has 6 nitrogen and oxygen atoms in total. The third kappa shape index (κ3) is 6.58. The van der Waals surface area contributed by atoms with Crippen molar-refractivity contribution in [2.24, 2.45) is 0 Å². The molecule has 0 unspecified atom stereocenters. The van der Waals surface area contributed by atoms with Crippen LogP contribution in [0.5, 0.6) is 0 Å². The smallest absolute Gasteiger partial charge is 0.269 e. The number of hydrogen-bond donors (Lipinski definition) is 1. The first-order valence-electron chi connectivity index (χ1n) is 7.95. The number of benzene rings is 1. The Morgan fingerprint density at radius 2 is 1.96 bits per heavy atom. The SMILES string of the molecule is O=C(CSCc1ccc([N+](=O)[O-])cc1)NCCCN1CCCC1. The van der Waals surface area contributed by atoms with E-state index in [2.05, 4.69) is 10.2 Å². The van der Waals surface area contributed by atoms with Gasteiger partial charge in [-0.1, -0.05) is 12.1 Å². The molecule has 0 radical (unpaired) electrons. The van der Waals surface area contributed by atoms with Gasteiger partial charge >= 0.3 is 0 Å². The average Bonchev–Trinajstić information content (AvgIpc) is 3.05. The third-order valence-corrected chi connectivity index (χ3v) is 4.82. The molecule has 2 rings (SSSR count). The summed E-state index contributed by atoms with van der Waals surface area (Å²) < 4.78 is 0. The van der Waals surface area contributed by atoms with Crippen molar-refractivity contribution in [1.82, 2.24) is 10.2 Å². The summed E-state index contributed by atoms with van der Waals surface area (Å²) in [5.41, 5.74) is 1.08. The van der Waals surface area contributed by atoms with Gasteiger partial charge in [-0.15, -0.1) is 11.8 Å². The van der Waals surface area contributed by atoms with Crippen LogP contribution in [0.25, 0.3) is 0 Å². The van der Waals surface area contributed by atoms with Gasteiger partial charge in [0, 0.05) is 24.4 Å². The number of carbonyl (C=O) groups excluding carboxylic acids is 1. The largest absolute Gasteiger partial charge is 0.355 e. The summed E-state index contributed by atoms with van der Waals surface area (Å²) in [4.78, 5) is 24.3. The predicted molar refractivity (Wildman–Crippen MR) is 92.6 cm³/mol. The first-order chi connectivity index (χ1) is 11.1. The van der Waals surface area contributed by atoms with Crippen molar-refractivity contribution in [2.75, 3.05) is 31.9 Å². The second kappa shape index (κ2) is 9.52. The van der Waals surface area contributed by atoms with Gasteiger partial charge in [0.05, 0.1) is 10.7 Å². The molecular weight excluding hydrogens is 314 g/mol. The van der Waals surface area contributed by atoms with E-state index in [0.29, 0.717) is 11.5 Å². The van der Waals surface area contributed by atoms with Gasteiger partial charge in [-0.25, -0.2) is 0 Å². The first-order valence-corrected chi connectivity index (χ1v) is 9.11. The lowest BCUT2D eigenvalue weighted by Gasteiger charge is -2.14. The van der Waals surface area contributed by atoms with E-state index >= 15 is 0 Å². The number of nitrogens with one attached hydrogen (secondary N) is 1. The molecule has 0 spiro atoms. The molecule has 1 aliphatic heterocycles. The van der Waals surface area contributed by atoms with Gasteiger partial charge in [0.25, 0.3) is 5.69 Å². The summed E-state index contributed by atoms with van der Waals surface area (Å²) in [6, 6.07) is 6.46. The van der Waals surface area contributed by atoms with Crippen molar-refractivity contribution in [3.05, 3.63) is 39.9 Å². The van der Waals surface area contributed by atoms with Gasteiger partial charge in [0.2, 0.25) is 5.91 Å². The fourth-order valence-electron chi connectivity index (χ4n) is 2.56. The van der Waals surface area contributed by atoms with Gasteiger partial charge < -0.3 is 10.2 Å². The first kappa shape index (κ1) is 17.7. The van der Waals surface area contributed by atoms with Crippen molar-refractivity contribution >= 4 is 23.4 Å². The number of carbonyl (C=O) groups is 1. The maximum atomic E-state index is 11.7. The van der Waals surface area contributed by atoms with Crippen LogP contribution in [0.4, 0.5) is 5.69 Å². The molecule has 1 aromatic rings. The Balaban J connectivity index is 1.54. The molecule has 1 fully saturated rings. The minimum absolute atomic E-state index is 0.0540. The van der Waals surface area contributed by atoms with E-state index in [-0.39, 0.29) is 11.6 Å². The van der Waals surface area contributed by atoms with Gasteiger partial charge in [-0.05, 0) is 44.5 Å². The number of non-ortho nitro benzene ring substituents is 1. The van der Waals surface area contributed by atoms with Crippen LogP contribution in [-0.4, -0.2) is 47.7 Å². The van der Waals surface area contributed by atoms with Crippen LogP contribution in [0.15, 0.2) is 24.3 Å². The molecule has 1 amide bonds. The highest BCUT2D eigenvalue weighted by Crippen LogP contribution is 2.16. The van der Waals surface area contributed by atoms with Crippen LogP contribution < -0.4 is 5.32 Å². The zero-order valence-corrected chi connectivity index (χ0v) is 14.0. The topological polar surface area (TPSA) is 75.5 Å². The molecule has 1 heterocycles. The van der Waals surface area contributed by atoms with Gasteiger partial charge in [-0.2, -0.15) is 0 Å². The maximum Gasteiger partial charge on any atom is 0.269 e. The van der Waals surface area contributed by atoms with Crippen molar-refractivity contribution in [3.8, 4) is 0 Å². The highest BCUT2D eigenvalue weighted by atomic mass is 32.2. The molecule has 1 N–H and O–H groups in total. The minimum Gasteiger partial charge on any atom is -0.355 e. The summed E-state index contributed by atoms with van der Waals surface area (Å²) in [5, 5.41) is 13.5. The van der Waals surface area contributed by atoms with Crippen LogP contribution in [-0.2, 0) is 10.5 Å². The summed E-state index contributed by atoms with van der Waals surface area (Å²) in [7, 11) is 0. The second-order valence-electron chi connectivity index (χ2n) is 5.67. The standard InChI is InChI=1S/C16H23N3O3S/c20-16(17-8-3-11-18-9-1-2-10-18)13-23-12-14-4-6-15(7-5-14)19(21)22/h4-7H,1-3,8-13H2,(H,17,20). The Morgan fingerprint density at radius 3 is 2.61 bits per heavy atom. The van der Waals surface area contributed by atoms with E-state index < -0.39 is 4.92 Å². The number of amides is 1. The van der Waals surface area contributed by atoms with E-state index in [1.165, 1.54) is 49.8 Å². The van der Waals surface area contributed by atoms with E-state index in [0.717, 1.165) is 25.1 Å². The Morgan fingerprint density at radius 1 is 1.26 bits per heavy atom. The zero-order valence-electron chi connectivity index (χ0n) is 13.2. The second-order valence-corrected chi connectivity index (χ2v) is 6.65. The van der Waals surface area contributed by atoms with Gasteiger partial charge in [-0.3, -0.25) is 14.9 Å². The number of hydrogen-bond acceptors (Lipinski definition) is 5. The molecule has 0 aromatic heterocycles. The summed E-state index contributed by atoms with van der Waals surface area (Å²) in [6.45, 7) is 4.18. The molecular formula is C16H23N3O3S. The molecule has 1 saturated heterocycles. The van der Waals surface area contributed by atoms with E-state index in [1.807, 2.05) is 0 Å². The fraction of sp³-hybridized carbons (Fsp3) is 0.562. The molecule has 0 saturated carbocycles. The Bertz CT molecular complexity index is 516. The fourth-order valence-corrected chi connectivity index (χ4v) is 3.38. The summed E-state index contributed by atoms with van der Waals surface area (Å²) >= 11 is 1.52. The predicted octanol–water partition coefficient (Wildman–Crippen LogP) is 2.43. The molecule has 0 bridgehead atoms. The number of nitro benzene ring substituents is 1. The average molecular weight is 337 g/mol. The van der Waals surface area contributed by atoms with Crippen LogP contribution in [0.2, 0.25) is 0 Å². The normalized spacial score (nSPS) is 14.8. The maximum absolute atomic E-state index is 11.7. The van der Waals surface area contributed by atoms with Crippen LogP contribution in [0.1, 0.15) is 24.8 Å². The molecule has 0 atom stereocenters. The molecule has 23 heavy (non-hydrogen) atoms. The Kier molecular flexibility index (Phi) is 7.35. The van der Waals surface area contributed by atoms with Gasteiger partial charge in [0.1, 0.15) is 0 Å². The quantitative estimate of drug-likeness (QED) is 0.425. The molecule has 7 heteroatoms. The third-order valence-electron chi connectivity index (χ3n) is 3.82. The summed E-state index contributed by atoms with van der Waals surface area (Å²) in [5.74, 6) is 1.15. The van der Waals surface area contributed by atoms with E-state index in [4.69, 9.17) is 0 Å². The highest BCUT2D eigenvalue weighted by Gasteiger charge is 2.10. The van der Waals surface area contributed by atoms with Crippen LogP contribution in [0.3, 0.4) is 0 Å². The Hall–Kier alpha value is -1.60. The Labute approximate surface area is 140 Å². The number of nitrogens with zero attached hydrogens (tertiary/aromatic N) is 2. The number of thioether (sulfide) groups is 1. The lowest BCUT2D eigenvalue weighted by atomic mass is 10.2. The monoisotopic (exact) mass is 337 g/mol. The highest BCUT2D eigenvalue weighted by molar-refractivity contribution is 7.99. The van der Waals surface area contributed by atoms with Crippen LogP contribution in [0, 0.1) is 10.1 Å². The number of likely N-dealkylation sites (tertiary alicyclic amines) is 1. The van der Waals surface area contributed by atoms with Crippen LogP contribution >= 0.6 is 11.8 Å². The van der Waals surface area contributed by atoms with Crippen molar-refractivity contribution in [1.29, 1.82) is 0 Å². The van der Waals surface area contributed by atoms with Crippen molar-refractivity contribution in [2.45, 2.75) is 25.0 Å². The minimum atomic E-state index is -0.410. The number of nitro groups is 1. The number of rotatable bonds is 9. The molecule has 1 aromatic carbocycles. The summed E-state index contributed by atoms with van der Waals surface area (Å²) in [6.07, 6.45) is 3.59. The van der Waals surface area contributed by atoms with E-state index in [1.54, 1.807) is 12.1 Å². The van der Waals surface area contributed by atoms with E-state index in [9.17, 15) is 14.9 Å². The lowest BCUT2D eigenvalue weighted by molar-refractivity contribution is -0.384. The molecule has 0 aliphatic carbocycles. The van der Waals surface area contributed by atoms with Crippen molar-refractivity contribution < 1.29 is 9.72 Å². The molecule has 126 valence electrons. The van der Waals surface area contributed by atoms with Crippen molar-refractivity contribution in [3.63, 3.8) is 0 Å². The molecule has 1 aliphatic rings. The lowest BCUT2D eigenvalue weighted by Crippen LogP contribution is -2.29. The zero-order chi connectivity index (χ0) is 16.5.